The molecule has 0 bridgehead atoms. The number of carbonyl (C=O) groups is 1. The zero-order chi connectivity index (χ0) is 19.1. The predicted octanol–water partition coefficient (Wildman–Crippen LogP) is 2.94. The topological polar surface area (TPSA) is 75.4 Å². The maximum Gasteiger partial charge on any atom is 0.223 e. The van der Waals surface area contributed by atoms with Crippen LogP contribution in [0.3, 0.4) is 0 Å². The summed E-state index contributed by atoms with van der Waals surface area (Å²) in [5.41, 5.74) is 1.48. The molecule has 144 valence electrons. The Kier molecular flexibility index (Phi) is 4.39. The summed E-state index contributed by atoms with van der Waals surface area (Å²) in [5.74, 6) is 1.81. The molecule has 1 saturated heterocycles. The Labute approximate surface area is 167 Å². The van der Waals surface area contributed by atoms with Crippen LogP contribution in [0.2, 0.25) is 5.02 Å². The molecule has 1 amide bonds. The Hall–Kier alpha value is -2.67. The lowest BCUT2D eigenvalue weighted by Gasteiger charge is -2.32. The van der Waals surface area contributed by atoms with E-state index in [4.69, 9.17) is 16.7 Å². The number of anilines is 1. The SMILES string of the molecule is O=C(NC1CC1)C1CCN(c2ccc3nnc(-c4ccccc4Cl)n3n2)CC1. The summed E-state index contributed by atoms with van der Waals surface area (Å²) in [5, 5.41) is 17.0. The van der Waals surface area contributed by atoms with Crippen LogP contribution in [0.5, 0.6) is 0 Å². The fourth-order valence-corrected chi connectivity index (χ4v) is 3.90. The molecule has 0 spiro atoms. The molecule has 3 aromatic rings. The van der Waals surface area contributed by atoms with E-state index >= 15 is 0 Å². The maximum absolute atomic E-state index is 12.3. The molecule has 5 rings (SSSR count). The zero-order valence-electron chi connectivity index (χ0n) is 15.4. The van der Waals surface area contributed by atoms with Gasteiger partial charge < -0.3 is 10.2 Å². The van der Waals surface area contributed by atoms with Crippen molar-refractivity contribution in [2.75, 3.05) is 18.0 Å². The second-order valence-corrected chi connectivity index (χ2v) is 7.92. The fourth-order valence-electron chi connectivity index (χ4n) is 3.68. The molecule has 1 aliphatic heterocycles. The Balaban J connectivity index is 1.36. The van der Waals surface area contributed by atoms with E-state index in [1.165, 1.54) is 0 Å². The molecule has 1 aliphatic carbocycles. The Morgan fingerprint density at radius 2 is 1.82 bits per heavy atom. The summed E-state index contributed by atoms with van der Waals surface area (Å²) < 4.78 is 1.74. The predicted molar refractivity (Wildman–Crippen MR) is 107 cm³/mol. The maximum atomic E-state index is 12.3. The highest BCUT2D eigenvalue weighted by Crippen LogP contribution is 2.28. The quantitative estimate of drug-likeness (QED) is 0.733. The van der Waals surface area contributed by atoms with Crippen LogP contribution < -0.4 is 10.2 Å². The lowest BCUT2D eigenvalue weighted by molar-refractivity contribution is -0.125. The average Bonchev–Trinajstić information content (AvgIpc) is 3.44. The second-order valence-electron chi connectivity index (χ2n) is 7.51. The van der Waals surface area contributed by atoms with Crippen molar-refractivity contribution in [2.45, 2.75) is 31.7 Å². The summed E-state index contributed by atoms with van der Waals surface area (Å²) >= 11 is 6.33. The minimum Gasteiger partial charge on any atom is -0.355 e. The van der Waals surface area contributed by atoms with Crippen molar-refractivity contribution in [2.24, 2.45) is 5.92 Å². The smallest absolute Gasteiger partial charge is 0.223 e. The highest BCUT2D eigenvalue weighted by Gasteiger charge is 2.30. The number of piperidine rings is 1. The Bertz CT molecular complexity index is 1020. The van der Waals surface area contributed by atoms with Crippen LogP contribution in [0, 0.1) is 5.92 Å². The van der Waals surface area contributed by atoms with E-state index in [-0.39, 0.29) is 11.8 Å². The van der Waals surface area contributed by atoms with Crippen LogP contribution in [0.15, 0.2) is 36.4 Å². The molecule has 2 aliphatic rings. The van der Waals surface area contributed by atoms with Gasteiger partial charge in [0.2, 0.25) is 5.91 Å². The molecular formula is C20H21ClN6O. The van der Waals surface area contributed by atoms with Gasteiger partial charge in [-0.05, 0) is 49.9 Å². The van der Waals surface area contributed by atoms with E-state index in [9.17, 15) is 4.79 Å². The number of amides is 1. The van der Waals surface area contributed by atoms with Crippen LogP contribution in [-0.2, 0) is 4.79 Å². The van der Waals surface area contributed by atoms with Crippen molar-refractivity contribution in [1.82, 2.24) is 25.1 Å². The zero-order valence-corrected chi connectivity index (χ0v) is 16.1. The first-order valence-electron chi connectivity index (χ1n) is 9.72. The van der Waals surface area contributed by atoms with E-state index in [0.717, 1.165) is 50.2 Å². The minimum atomic E-state index is 0.106. The number of nitrogens with one attached hydrogen (secondary N) is 1. The summed E-state index contributed by atoms with van der Waals surface area (Å²) in [7, 11) is 0. The van der Waals surface area contributed by atoms with Crippen LogP contribution in [0.1, 0.15) is 25.7 Å². The van der Waals surface area contributed by atoms with Gasteiger partial charge in [0.25, 0.3) is 0 Å². The number of benzene rings is 1. The van der Waals surface area contributed by atoms with Crippen LogP contribution in [0.25, 0.3) is 17.0 Å². The summed E-state index contributed by atoms with van der Waals surface area (Å²) in [6.07, 6.45) is 3.94. The molecule has 2 aromatic heterocycles. The largest absolute Gasteiger partial charge is 0.355 e. The standard InChI is InChI=1S/C20H21ClN6O/c21-16-4-2-1-3-15(16)19-24-23-17-7-8-18(25-27(17)19)26-11-9-13(10-12-26)20(28)22-14-5-6-14/h1-4,7-8,13-14H,5-6,9-12H2,(H,22,28). The Morgan fingerprint density at radius 1 is 1.04 bits per heavy atom. The van der Waals surface area contributed by atoms with Crippen LogP contribution >= 0.6 is 11.6 Å². The van der Waals surface area contributed by atoms with Crippen molar-refractivity contribution in [3.63, 3.8) is 0 Å². The van der Waals surface area contributed by atoms with Crippen molar-refractivity contribution in [1.29, 1.82) is 0 Å². The van der Waals surface area contributed by atoms with Gasteiger partial charge in [0, 0.05) is 30.6 Å². The van der Waals surface area contributed by atoms with E-state index in [1.807, 2.05) is 36.4 Å². The number of carbonyl (C=O) groups excluding carboxylic acids is 1. The Morgan fingerprint density at radius 3 is 2.57 bits per heavy atom. The number of rotatable bonds is 4. The van der Waals surface area contributed by atoms with Gasteiger partial charge in [-0.15, -0.1) is 15.3 Å². The van der Waals surface area contributed by atoms with Gasteiger partial charge in [-0.2, -0.15) is 4.52 Å². The number of hydrogen-bond donors (Lipinski definition) is 1. The second kappa shape index (κ2) is 7.05. The number of fused-ring (bicyclic) bond motifs is 1. The monoisotopic (exact) mass is 396 g/mol. The fraction of sp³-hybridized carbons (Fsp3) is 0.400. The molecule has 28 heavy (non-hydrogen) atoms. The van der Waals surface area contributed by atoms with E-state index in [2.05, 4.69) is 20.4 Å². The molecule has 0 atom stereocenters. The molecule has 2 fully saturated rings. The van der Waals surface area contributed by atoms with Gasteiger partial charge in [0.1, 0.15) is 5.82 Å². The lowest BCUT2D eigenvalue weighted by atomic mass is 9.96. The van der Waals surface area contributed by atoms with E-state index in [1.54, 1.807) is 4.52 Å². The van der Waals surface area contributed by atoms with Gasteiger partial charge in [0.15, 0.2) is 11.5 Å². The summed E-state index contributed by atoms with van der Waals surface area (Å²) in [6, 6.07) is 11.9. The number of halogens is 1. The number of nitrogens with zero attached hydrogens (tertiary/aromatic N) is 5. The van der Waals surface area contributed by atoms with Crippen molar-refractivity contribution >= 4 is 29.0 Å². The summed E-state index contributed by atoms with van der Waals surface area (Å²) in [6.45, 7) is 1.62. The van der Waals surface area contributed by atoms with Gasteiger partial charge in [0.05, 0.1) is 5.02 Å². The molecule has 7 nitrogen and oxygen atoms in total. The van der Waals surface area contributed by atoms with Crippen molar-refractivity contribution < 1.29 is 4.79 Å². The molecule has 3 heterocycles. The highest BCUT2D eigenvalue weighted by molar-refractivity contribution is 6.33. The first kappa shape index (κ1) is 17.4. The van der Waals surface area contributed by atoms with E-state index < -0.39 is 0 Å². The molecular weight excluding hydrogens is 376 g/mol. The first-order chi connectivity index (χ1) is 13.7. The molecule has 8 heteroatoms. The molecule has 0 radical (unpaired) electrons. The lowest BCUT2D eigenvalue weighted by Crippen LogP contribution is -2.41. The number of hydrogen-bond acceptors (Lipinski definition) is 5. The highest BCUT2D eigenvalue weighted by atomic mass is 35.5. The molecule has 1 aromatic carbocycles. The van der Waals surface area contributed by atoms with Crippen LogP contribution in [-0.4, -0.2) is 44.8 Å². The van der Waals surface area contributed by atoms with Gasteiger partial charge >= 0.3 is 0 Å². The molecule has 0 unspecified atom stereocenters. The van der Waals surface area contributed by atoms with Gasteiger partial charge in [-0.3, -0.25) is 4.79 Å². The van der Waals surface area contributed by atoms with Crippen molar-refractivity contribution in [3.05, 3.63) is 41.4 Å². The normalized spacial score (nSPS) is 17.8. The van der Waals surface area contributed by atoms with E-state index in [0.29, 0.717) is 22.5 Å². The first-order valence-corrected chi connectivity index (χ1v) is 10.1. The minimum absolute atomic E-state index is 0.106. The molecule has 1 N–H and O–H groups in total. The van der Waals surface area contributed by atoms with Crippen LogP contribution in [0.4, 0.5) is 5.82 Å². The van der Waals surface area contributed by atoms with Crippen molar-refractivity contribution in [3.8, 4) is 11.4 Å². The average molecular weight is 397 g/mol. The number of aromatic nitrogens is 4. The third kappa shape index (κ3) is 3.30. The molecule has 1 saturated carbocycles. The van der Waals surface area contributed by atoms with Gasteiger partial charge in [-0.1, -0.05) is 23.7 Å². The third-order valence-corrected chi connectivity index (χ3v) is 5.81. The third-order valence-electron chi connectivity index (χ3n) is 5.48. The van der Waals surface area contributed by atoms with Gasteiger partial charge in [-0.25, -0.2) is 0 Å². The summed E-state index contributed by atoms with van der Waals surface area (Å²) in [4.78, 5) is 14.5.